The van der Waals surface area contributed by atoms with Gasteiger partial charge in [-0.25, -0.2) is 9.29 Å². The molecule has 20 heavy (non-hydrogen) atoms. The van der Waals surface area contributed by atoms with Crippen LogP contribution in [0.25, 0.3) is 0 Å². The number of anilines is 1. The second kappa shape index (κ2) is 4.94. The lowest BCUT2D eigenvalue weighted by molar-refractivity contribution is -0.132. The van der Waals surface area contributed by atoms with Crippen LogP contribution < -0.4 is 10.6 Å². The molecule has 1 saturated heterocycles. The fraction of sp³-hybridized carbons (Fsp3) is 0.357. The van der Waals surface area contributed by atoms with Crippen molar-refractivity contribution in [2.45, 2.75) is 26.7 Å². The van der Waals surface area contributed by atoms with Crippen molar-refractivity contribution in [3.63, 3.8) is 0 Å². The Hall–Kier alpha value is -1.82. The van der Waals surface area contributed by atoms with Gasteiger partial charge in [0, 0.05) is 18.4 Å². The van der Waals surface area contributed by atoms with E-state index in [9.17, 15) is 14.0 Å². The lowest BCUT2D eigenvalue weighted by Crippen LogP contribution is -2.47. The molecule has 0 aliphatic carbocycles. The van der Waals surface area contributed by atoms with Crippen LogP contribution in [0.5, 0.6) is 0 Å². The molecule has 0 spiro atoms. The van der Waals surface area contributed by atoms with Crippen molar-refractivity contribution in [3.05, 3.63) is 29.6 Å². The molecule has 2 N–H and O–H groups in total. The number of carbonyl (C=O) groups excluding carboxylic acids is 2. The van der Waals surface area contributed by atoms with Gasteiger partial charge in [0.05, 0.1) is 5.69 Å². The van der Waals surface area contributed by atoms with Crippen molar-refractivity contribution in [2.24, 2.45) is 11.1 Å². The van der Waals surface area contributed by atoms with Crippen LogP contribution in [0.2, 0.25) is 0 Å². The maximum atomic E-state index is 13.3. The van der Waals surface area contributed by atoms with Crippen LogP contribution in [0.4, 0.5) is 10.1 Å². The summed E-state index contributed by atoms with van der Waals surface area (Å²) in [6, 6.07) is 3.67. The maximum Gasteiger partial charge on any atom is 0.234 e. The molecule has 0 aromatic heterocycles. The summed E-state index contributed by atoms with van der Waals surface area (Å²) in [4.78, 5) is 25.4. The first-order valence-electron chi connectivity index (χ1n) is 6.16. The summed E-state index contributed by atoms with van der Waals surface area (Å²) in [6.45, 7) is 3.72. The van der Waals surface area contributed by atoms with Gasteiger partial charge in [-0.1, -0.05) is 26.1 Å². The Bertz CT molecular complexity index is 593. The van der Waals surface area contributed by atoms with E-state index in [0.717, 1.165) is 11.0 Å². The van der Waals surface area contributed by atoms with Crippen LogP contribution in [0.1, 0.15) is 32.3 Å². The number of hydrogen-bond donors (Lipinski definition) is 1. The average Bonchev–Trinajstić information content (AvgIpc) is 2.28. The molecule has 0 saturated carbocycles. The Kier molecular flexibility index (Phi) is 3.60. The SMILES string of the molecule is CC1(C)CC(=O)N(c2ccc(F)cc2C(N)=S)C(=O)C1. The molecule has 0 unspecified atom stereocenters. The van der Waals surface area contributed by atoms with E-state index in [1.165, 1.54) is 12.1 Å². The molecule has 6 heteroatoms. The van der Waals surface area contributed by atoms with Crippen LogP contribution in [0.15, 0.2) is 18.2 Å². The van der Waals surface area contributed by atoms with E-state index in [1.54, 1.807) is 0 Å². The molecule has 1 fully saturated rings. The first-order chi connectivity index (χ1) is 9.21. The van der Waals surface area contributed by atoms with Crippen LogP contribution in [-0.2, 0) is 9.59 Å². The lowest BCUT2D eigenvalue weighted by Gasteiger charge is -2.35. The monoisotopic (exact) mass is 294 g/mol. The highest BCUT2D eigenvalue weighted by molar-refractivity contribution is 7.80. The van der Waals surface area contributed by atoms with Crippen molar-refractivity contribution >= 4 is 34.7 Å². The second-order valence-corrected chi connectivity index (χ2v) is 6.11. The van der Waals surface area contributed by atoms with E-state index in [0.29, 0.717) is 0 Å². The topological polar surface area (TPSA) is 63.4 Å². The largest absolute Gasteiger partial charge is 0.389 e. The predicted octanol–water partition coefficient (Wildman–Crippen LogP) is 2.14. The van der Waals surface area contributed by atoms with E-state index in [2.05, 4.69) is 0 Å². The van der Waals surface area contributed by atoms with Crippen molar-refractivity contribution < 1.29 is 14.0 Å². The van der Waals surface area contributed by atoms with Crippen LogP contribution in [0, 0.1) is 11.2 Å². The fourth-order valence-electron chi connectivity index (χ4n) is 2.35. The number of rotatable bonds is 2. The van der Waals surface area contributed by atoms with Gasteiger partial charge >= 0.3 is 0 Å². The summed E-state index contributed by atoms with van der Waals surface area (Å²) in [5, 5.41) is 0. The highest BCUT2D eigenvalue weighted by Gasteiger charge is 2.39. The summed E-state index contributed by atoms with van der Waals surface area (Å²) in [6.07, 6.45) is 0.486. The van der Waals surface area contributed by atoms with Crippen LogP contribution >= 0.6 is 12.2 Å². The number of benzene rings is 1. The second-order valence-electron chi connectivity index (χ2n) is 5.67. The number of halogens is 1. The highest BCUT2D eigenvalue weighted by atomic mass is 32.1. The van der Waals surface area contributed by atoms with E-state index < -0.39 is 5.82 Å². The van der Waals surface area contributed by atoms with Gasteiger partial charge < -0.3 is 5.73 Å². The summed E-state index contributed by atoms with van der Waals surface area (Å²) in [7, 11) is 0. The molecule has 0 radical (unpaired) electrons. The lowest BCUT2D eigenvalue weighted by atomic mass is 9.81. The number of hydrogen-bond acceptors (Lipinski definition) is 3. The van der Waals surface area contributed by atoms with Crippen molar-refractivity contribution in [3.8, 4) is 0 Å². The van der Waals surface area contributed by atoms with Crippen LogP contribution in [-0.4, -0.2) is 16.8 Å². The van der Waals surface area contributed by atoms with E-state index in [1.807, 2.05) is 13.8 Å². The first-order valence-corrected chi connectivity index (χ1v) is 6.57. The minimum Gasteiger partial charge on any atom is -0.389 e. The third-order valence-corrected chi connectivity index (χ3v) is 3.44. The van der Waals surface area contributed by atoms with Gasteiger partial charge in [0.25, 0.3) is 0 Å². The molecule has 1 heterocycles. The smallest absolute Gasteiger partial charge is 0.234 e. The molecule has 4 nitrogen and oxygen atoms in total. The molecule has 0 bridgehead atoms. The molecule has 106 valence electrons. The van der Waals surface area contributed by atoms with E-state index in [-0.39, 0.29) is 46.3 Å². The summed E-state index contributed by atoms with van der Waals surface area (Å²) >= 11 is 4.86. The van der Waals surface area contributed by atoms with Crippen molar-refractivity contribution in [1.82, 2.24) is 0 Å². The third kappa shape index (κ3) is 2.70. The summed E-state index contributed by atoms with van der Waals surface area (Å²) in [5.74, 6) is -1.17. The van der Waals surface area contributed by atoms with Gasteiger partial charge in [-0.15, -0.1) is 0 Å². The van der Waals surface area contributed by atoms with Crippen molar-refractivity contribution in [1.29, 1.82) is 0 Å². The van der Waals surface area contributed by atoms with Gasteiger partial charge in [0.2, 0.25) is 11.8 Å². The standard InChI is InChI=1S/C14H15FN2O2S/c1-14(2)6-11(18)17(12(19)7-14)10-4-3-8(15)5-9(10)13(16)20/h3-5H,6-7H2,1-2H3,(H2,16,20). The molecule has 2 amide bonds. The number of nitrogens with two attached hydrogens (primary N) is 1. The number of amides is 2. The predicted molar refractivity (Wildman–Crippen MR) is 77.8 cm³/mol. The molecule has 1 aromatic carbocycles. The number of imide groups is 1. The van der Waals surface area contributed by atoms with E-state index in [4.69, 9.17) is 18.0 Å². The molecule has 1 aromatic rings. The zero-order chi connectivity index (χ0) is 15.1. The van der Waals surface area contributed by atoms with Gasteiger partial charge in [-0.3, -0.25) is 9.59 Å². The number of piperidine rings is 1. The Balaban J connectivity index is 2.49. The molecule has 1 aliphatic heterocycles. The van der Waals surface area contributed by atoms with E-state index >= 15 is 0 Å². The number of thiocarbonyl (C=S) groups is 1. The summed E-state index contributed by atoms with van der Waals surface area (Å²) < 4.78 is 13.3. The van der Waals surface area contributed by atoms with Gasteiger partial charge in [0.15, 0.2) is 0 Å². The normalized spacial score (nSPS) is 18.2. The van der Waals surface area contributed by atoms with Gasteiger partial charge in [0.1, 0.15) is 10.8 Å². The number of nitrogens with zero attached hydrogens (tertiary/aromatic N) is 1. The van der Waals surface area contributed by atoms with Gasteiger partial charge in [-0.2, -0.15) is 0 Å². The Labute approximate surface area is 121 Å². The highest BCUT2D eigenvalue weighted by Crippen LogP contribution is 2.35. The Morgan fingerprint density at radius 3 is 2.35 bits per heavy atom. The minimum atomic E-state index is -0.520. The Morgan fingerprint density at radius 1 is 1.30 bits per heavy atom. The molecule has 2 rings (SSSR count). The van der Waals surface area contributed by atoms with Gasteiger partial charge in [-0.05, 0) is 23.6 Å². The Morgan fingerprint density at radius 2 is 1.85 bits per heavy atom. The summed E-state index contributed by atoms with van der Waals surface area (Å²) in [5.41, 5.74) is 5.63. The number of carbonyl (C=O) groups is 2. The first kappa shape index (κ1) is 14.6. The quantitative estimate of drug-likeness (QED) is 0.670. The minimum absolute atomic E-state index is 0.0510. The molecule has 1 aliphatic rings. The maximum absolute atomic E-state index is 13.3. The third-order valence-electron chi connectivity index (χ3n) is 3.22. The molecular formula is C14H15FN2O2S. The molecular weight excluding hydrogens is 279 g/mol. The van der Waals surface area contributed by atoms with Crippen LogP contribution in [0.3, 0.4) is 0 Å². The fourth-order valence-corrected chi connectivity index (χ4v) is 2.51. The average molecular weight is 294 g/mol. The zero-order valence-electron chi connectivity index (χ0n) is 11.3. The van der Waals surface area contributed by atoms with Crippen molar-refractivity contribution in [2.75, 3.05) is 4.90 Å². The zero-order valence-corrected chi connectivity index (χ0v) is 12.1. The molecule has 0 atom stereocenters.